The Bertz CT molecular complexity index is 1080. The first-order valence-electron chi connectivity index (χ1n) is 8.77. The number of nitrogens with one attached hydrogen (secondary N) is 1. The molecule has 0 aliphatic rings. The van der Waals surface area contributed by atoms with Gasteiger partial charge in [-0.15, -0.1) is 0 Å². The van der Waals surface area contributed by atoms with Crippen molar-refractivity contribution in [1.29, 1.82) is 0 Å². The number of benzene rings is 1. The van der Waals surface area contributed by atoms with Crippen LogP contribution in [0.3, 0.4) is 0 Å². The first-order chi connectivity index (χ1) is 12.5. The average molecular weight is 346 g/mol. The Kier molecular flexibility index (Phi) is 3.95. The first kappa shape index (κ1) is 16.3. The van der Waals surface area contributed by atoms with Crippen LogP contribution in [-0.4, -0.2) is 25.6 Å². The highest BCUT2D eigenvalue weighted by Gasteiger charge is 2.14. The maximum absolute atomic E-state index is 5.96. The molecule has 1 atom stereocenters. The van der Waals surface area contributed by atoms with Crippen molar-refractivity contribution in [2.75, 3.05) is 11.1 Å². The molecule has 6 heteroatoms. The average Bonchev–Trinajstić information content (AvgIpc) is 3.05. The summed E-state index contributed by atoms with van der Waals surface area (Å²) in [5.74, 6) is 1.40. The highest BCUT2D eigenvalue weighted by Crippen LogP contribution is 2.27. The van der Waals surface area contributed by atoms with E-state index in [4.69, 9.17) is 10.7 Å². The maximum atomic E-state index is 5.96. The molecule has 0 radical (unpaired) electrons. The number of hydrogen-bond acceptors (Lipinski definition) is 5. The lowest BCUT2D eigenvalue weighted by atomic mass is 10.1. The molecule has 0 spiro atoms. The van der Waals surface area contributed by atoms with Crippen molar-refractivity contribution in [2.45, 2.75) is 32.9 Å². The predicted octanol–water partition coefficient (Wildman–Crippen LogP) is 3.99. The number of anilines is 2. The molecule has 0 fully saturated rings. The van der Waals surface area contributed by atoms with Crippen molar-refractivity contribution in [2.24, 2.45) is 0 Å². The number of rotatable bonds is 4. The summed E-state index contributed by atoms with van der Waals surface area (Å²) in [6, 6.07) is 12.9. The summed E-state index contributed by atoms with van der Waals surface area (Å²) in [6.45, 7) is 6.36. The van der Waals surface area contributed by atoms with E-state index in [1.54, 1.807) is 0 Å². The van der Waals surface area contributed by atoms with Crippen LogP contribution in [0, 0.1) is 0 Å². The Morgan fingerprint density at radius 2 is 1.85 bits per heavy atom. The van der Waals surface area contributed by atoms with E-state index in [2.05, 4.69) is 64.9 Å². The Hall–Kier alpha value is -3.15. The molecule has 6 nitrogen and oxygen atoms in total. The fourth-order valence-corrected chi connectivity index (χ4v) is 3.23. The molecular weight excluding hydrogens is 324 g/mol. The molecular formula is C20H22N6. The summed E-state index contributed by atoms with van der Waals surface area (Å²) in [5, 5.41) is 5.36. The topological polar surface area (TPSA) is 81.7 Å². The number of pyridine rings is 1. The van der Waals surface area contributed by atoms with Gasteiger partial charge in [-0.05, 0) is 50.6 Å². The monoisotopic (exact) mass is 346 g/mol. The Labute approximate surface area is 152 Å². The lowest BCUT2D eigenvalue weighted by Crippen LogP contribution is -2.11. The predicted molar refractivity (Wildman–Crippen MR) is 106 cm³/mol. The molecule has 132 valence electrons. The molecule has 4 aromatic rings. The third-order valence-corrected chi connectivity index (χ3v) is 4.59. The summed E-state index contributed by atoms with van der Waals surface area (Å²) in [6.07, 6.45) is 3.52. The summed E-state index contributed by atoms with van der Waals surface area (Å²) in [5.41, 5.74) is 8.94. The highest BCUT2D eigenvalue weighted by atomic mass is 15.1. The van der Waals surface area contributed by atoms with Gasteiger partial charge in [-0.2, -0.15) is 0 Å². The zero-order valence-electron chi connectivity index (χ0n) is 15.1. The van der Waals surface area contributed by atoms with Gasteiger partial charge in [0.05, 0.1) is 16.9 Å². The molecule has 0 amide bonds. The van der Waals surface area contributed by atoms with Crippen molar-refractivity contribution in [3.05, 3.63) is 54.5 Å². The number of hydrogen-bond donors (Lipinski definition) is 2. The van der Waals surface area contributed by atoms with Gasteiger partial charge in [0.15, 0.2) is 0 Å². The molecule has 4 rings (SSSR count). The number of fused-ring (bicyclic) bond motifs is 2. The van der Waals surface area contributed by atoms with E-state index in [1.807, 2.05) is 18.3 Å². The fraction of sp³-hybridized carbons (Fsp3) is 0.250. The van der Waals surface area contributed by atoms with Gasteiger partial charge in [-0.25, -0.2) is 15.0 Å². The molecule has 1 unspecified atom stereocenters. The number of nitrogens with two attached hydrogens (primary N) is 1. The van der Waals surface area contributed by atoms with Gasteiger partial charge in [0.2, 0.25) is 0 Å². The van der Waals surface area contributed by atoms with E-state index in [-0.39, 0.29) is 6.04 Å². The fourth-order valence-electron chi connectivity index (χ4n) is 3.23. The van der Waals surface area contributed by atoms with Crippen LogP contribution >= 0.6 is 0 Å². The zero-order valence-corrected chi connectivity index (χ0v) is 15.1. The van der Waals surface area contributed by atoms with Crippen molar-refractivity contribution in [3.63, 3.8) is 0 Å². The van der Waals surface area contributed by atoms with Gasteiger partial charge in [0.25, 0.3) is 0 Å². The van der Waals surface area contributed by atoms with Gasteiger partial charge in [0, 0.05) is 17.6 Å². The van der Waals surface area contributed by atoms with Crippen LogP contribution < -0.4 is 11.1 Å². The van der Waals surface area contributed by atoms with Crippen molar-refractivity contribution >= 4 is 33.6 Å². The lowest BCUT2D eigenvalue weighted by Gasteiger charge is -2.16. The molecule has 3 aromatic heterocycles. The third kappa shape index (κ3) is 2.83. The highest BCUT2D eigenvalue weighted by molar-refractivity contribution is 5.86. The number of nitrogens with zero attached hydrogens (tertiary/aromatic N) is 4. The van der Waals surface area contributed by atoms with E-state index >= 15 is 0 Å². The third-order valence-electron chi connectivity index (χ3n) is 4.59. The standard InChI is InChI=1S/C20H22N6/c1-12(2)24-18-7-6-14-4-5-15(10-17(14)25-18)13(3)26-9-8-16-19(21)22-11-23-20(16)26/h4-13H,1-3H3,(H,24,25)(H2,21,22,23). The van der Waals surface area contributed by atoms with Crippen molar-refractivity contribution in [1.82, 2.24) is 19.5 Å². The van der Waals surface area contributed by atoms with Gasteiger partial charge in [-0.1, -0.05) is 12.1 Å². The van der Waals surface area contributed by atoms with Crippen LogP contribution in [0.4, 0.5) is 11.6 Å². The van der Waals surface area contributed by atoms with E-state index in [0.29, 0.717) is 11.9 Å². The zero-order chi connectivity index (χ0) is 18.3. The second kappa shape index (κ2) is 6.29. The van der Waals surface area contributed by atoms with Crippen LogP contribution in [0.15, 0.2) is 48.9 Å². The molecule has 0 bridgehead atoms. The second-order valence-electron chi connectivity index (χ2n) is 6.84. The van der Waals surface area contributed by atoms with Crippen LogP contribution in [0.25, 0.3) is 21.9 Å². The molecule has 0 aliphatic heterocycles. The van der Waals surface area contributed by atoms with Crippen LogP contribution in [0.5, 0.6) is 0 Å². The maximum Gasteiger partial charge on any atom is 0.146 e. The van der Waals surface area contributed by atoms with Gasteiger partial charge in [-0.3, -0.25) is 0 Å². The lowest BCUT2D eigenvalue weighted by molar-refractivity contribution is 0.658. The summed E-state index contributed by atoms with van der Waals surface area (Å²) >= 11 is 0. The van der Waals surface area contributed by atoms with E-state index in [1.165, 1.54) is 11.9 Å². The smallest absolute Gasteiger partial charge is 0.146 e. The Morgan fingerprint density at radius 3 is 2.65 bits per heavy atom. The van der Waals surface area contributed by atoms with Crippen molar-refractivity contribution < 1.29 is 0 Å². The summed E-state index contributed by atoms with van der Waals surface area (Å²) in [4.78, 5) is 13.2. The van der Waals surface area contributed by atoms with E-state index in [0.717, 1.165) is 27.8 Å². The first-order valence-corrected chi connectivity index (χ1v) is 8.77. The number of aromatic nitrogens is 4. The minimum atomic E-state index is 0.106. The Morgan fingerprint density at radius 1 is 1.04 bits per heavy atom. The summed E-state index contributed by atoms with van der Waals surface area (Å²) in [7, 11) is 0. The SMILES string of the molecule is CC(C)Nc1ccc2ccc(C(C)n3ccc4c(N)ncnc43)cc2n1. The Balaban J connectivity index is 1.76. The quantitative estimate of drug-likeness (QED) is 0.584. The van der Waals surface area contributed by atoms with E-state index in [9.17, 15) is 0 Å². The largest absolute Gasteiger partial charge is 0.383 e. The number of nitrogen functional groups attached to an aromatic ring is 1. The molecule has 0 aliphatic carbocycles. The van der Waals surface area contributed by atoms with Crippen LogP contribution in [-0.2, 0) is 0 Å². The molecule has 3 N–H and O–H groups in total. The normalized spacial score (nSPS) is 12.8. The van der Waals surface area contributed by atoms with Crippen LogP contribution in [0.1, 0.15) is 32.4 Å². The van der Waals surface area contributed by atoms with Crippen molar-refractivity contribution in [3.8, 4) is 0 Å². The van der Waals surface area contributed by atoms with Gasteiger partial charge in [0.1, 0.15) is 23.6 Å². The molecule has 3 heterocycles. The van der Waals surface area contributed by atoms with Crippen LogP contribution in [0.2, 0.25) is 0 Å². The van der Waals surface area contributed by atoms with Gasteiger partial charge >= 0.3 is 0 Å². The van der Waals surface area contributed by atoms with Gasteiger partial charge < -0.3 is 15.6 Å². The minimum absolute atomic E-state index is 0.106. The second-order valence-corrected chi connectivity index (χ2v) is 6.84. The minimum Gasteiger partial charge on any atom is -0.383 e. The molecule has 0 saturated heterocycles. The van der Waals surface area contributed by atoms with E-state index < -0.39 is 0 Å². The summed E-state index contributed by atoms with van der Waals surface area (Å²) < 4.78 is 2.12. The molecule has 0 saturated carbocycles. The molecule has 26 heavy (non-hydrogen) atoms. The molecule has 1 aromatic carbocycles.